The van der Waals surface area contributed by atoms with Crippen molar-refractivity contribution in [3.05, 3.63) is 65.2 Å². The van der Waals surface area contributed by atoms with E-state index < -0.39 is 10.0 Å². The average Bonchev–Trinajstić information content (AvgIpc) is 2.62. The molecule has 0 radical (unpaired) electrons. The first-order valence-electron chi connectivity index (χ1n) is 9.49. The molecule has 138 valence electrons. The van der Waals surface area contributed by atoms with Crippen molar-refractivity contribution in [3.8, 4) is 0 Å². The van der Waals surface area contributed by atoms with Crippen molar-refractivity contribution in [2.75, 3.05) is 6.54 Å². The minimum Gasteiger partial charge on any atom is -0.207 e. The molecule has 0 N–H and O–H groups in total. The van der Waals surface area contributed by atoms with E-state index in [-0.39, 0.29) is 11.5 Å². The van der Waals surface area contributed by atoms with Crippen LogP contribution in [-0.4, -0.2) is 25.3 Å². The first-order chi connectivity index (χ1) is 12.3. The van der Waals surface area contributed by atoms with Crippen molar-refractivity contribution in [1.82, 2.24) is 4.31 Å². The fraction of sp³-hybridized carbons (Fsp3) is 0.455. The van der Waals surface area contributed by atoms with Gasteiger partial charge in [-0.2, -0.15) is 4.31 Å². The number of sulfonamides is 1. The summed E-state index contributed by atoms with van der Waals surface area (Å²) < 4.78 is 28.6. The second-order valence-electron chi connectivity index (χ2n) is 8.33. The smallest absolute Gasteiger partial charge is 0.207 e. The third-order valence-corrected chi connectivity index (χ3v) is 8.36. The van der Waals surface area contributed by atoms with Crippen LogP contribution in [0.3, 0.4) is 0 Å². The van der Waals surface area contributed by atoms with Gasteiger partial charge in [0.15, 0.2) is 0 Å². The van der Waals surface area contributed by atoms with E-state index >= 15 is 0 Å². The van der Waals surface area contributed by atoms with Crippen molar-refractivity contribution in [2.45, 2.75) is 56.4 Å². The van der Waals surface area contributed by atoms with E-state index in [2.05, 4.69) is 38.1 Å². The van der Waals surface area contributed by atoms with E-state index in [4.69, 9.17) is 0 Å². The summed E-state index contributed by atoms with van der Waals surface area (Å²) in [5.41, 5.74) is 3.75. The van der Waals surface area contributed by atoms with Crippen molar-refractivity contribution in [1.29, 1.82) is 0 Å². The Kier molecular flexibility index (Phi) is 4.24. The number of rotatable bonds is 2. The summed E-state index contributed by atoms with van der Waals surface area (Å²) in [6.45, 7) is 7.17. The number of hydrogen-bond acceptors (Lipinski definition) is 2. The molecular formula is C22H27NO2S. The first-order valence-corrected chi connectivity index (χ1v) is 10.9. The van der Waals surface area contributed by atoms with Crippen LogP contribution < -0.4 is 0 Å². The predicted molar refractivity (Wildman–Crippen MR) is 105 cm³/mol. The van der Waals surface area contributed by atoms with E-state index in [1.54, 1.807) is 16.4 Å². The van der Waals surface area contributed by atoms with Crippen LogP contribution >= 0.6 is 0 Å². The number of fused-ring (bicyclic) bond motifs is 2. The van der Waals surface area contributed by atoms with Crippen molar-refractivity contribution >= 4 is 10.0 Å². The molecule has 0 amide bonds. The van der Waals surface area contributed by atoms with Crippen LogP contribution in [0.25, 0.3) is 0 Å². The third kappa shape index (κ3) is 2.71. The number of nitrogens with zero attached hydrogens (tertiary/aromatic N) is 1. The zero-order valence-corrected chi connectivity index (χ0v) is 16.6. The van der Waals surface area contributed by atoms with Crippen LogP contribution in [0.15, 0.2) is 53.4 Å². The molecule has 0 saturated carbocycles. The van der Waals surface area contributed by atoms with E-state index in [9.17, 15) is 8.42 Å². The molecule has 1 aliphatic heterocycles. The Hall–Kier alpha value is -1.65. The maximum Gasteiger partial charge on any atom is 0.243 e. The van der Waals surface area contributed by atoms with Crippen molar-refractivity contribution < 1.29 is 8.42 Å². The molecule has 0 unspecified atom stereocenters. The molecule has 4 rings (SSSR count). The first kappa shape index (κ1) is 17.7. The highest BCUT2D eigenvalue weighted by molar-refractivity contribution is 7.89. The summed E-state index contributed by atoms with van der Waals surface area (Å²) in [5, 5.41) is 0. The minimum atomic E-state index is -3.47. The van der Waals surface area contributed by atoms with Crippen LogP contribution in [0.1, 0.15) is 43.4 Å². The van der Waals surface area contributed by atoms with E-state index in [0.29, 0.717) is 17.4 Å². The second-order valence-corrected chi connectivity index (χ2v) is 10.2. The van der Waals surface area contributed by atoms with Gasteiger partial charge < -0.3 is 0 Å². The molecule has 2 atom stereocenters. The maximum absolute atomic E-state index is 13.4. The summed E-state index contributed by atoms with van der Waals surface area (Å²) in [7, 11) is -3.47. The third-order valence-electron chi connectivity index (χ3n) is 6.42. The molecule has 2 aromatic rings. The van der Waals surface area contributed by atoms with Gasteiger partial charge in [-0.25, -0.2) is 8.42 Å². The van der Waals surface area contributed by atoms with Gasteiger partial charge in [0.2, 0.25) is 10.0 Å². The molecule has 2 aliphatic rings. The van der Waals surface area contributed by atoms with Crippen LogP contribution in [0.5, 0.6) is 0 Å². The summed E-state index contributed by atoms with van der Waals surface area (Å²) >= 11 is 0. The Balaban J connectivity index is 1.77. The zero-order chi connectivity index (χ0) is 18.5. The predicted octanol–water partition coefficient (Wildman–Crippen LogP) is 4.30. The lowest BCUT2D eigenvalue weighted by Crippen LogP contribution is -2.56. The van der Waals surface area contributed by atoms with Crippen molar-refractivity contribution in [3.63, 3.8) is 0 Å². The van der Waals surface area contributed by atoms with E-state index in [0.717, 1.165) is 24.8 Å². The average molecular weight is 370 g/mol. The van der Waals surface area contributed by atoms with Gasteiger partial charge in [0, 0.05) is 12.6 Å². The lowest BCUT2D eigenvalue weighted by Gasteiger charge is -2.51. The Morgan fingerprint density at radius 2 is 1.73 bits per heavy atom. The molecule has 26 heavy (non-hydrogen) atoms. The largest absolute Gasteiger partial charge is 0.243 e. The SMILES string of the molecule is Cc1ccc(S(=O)(=O)N2CCC[C@@H]3[C@H]2Cc2ccccc2C3(C)C)cc1. The number of hydrogen-bond donors (Lipinski definition) is 0. The highest BCUT2D eigenvalue weighted by atomic mass is 32.2. The topological polar surface area (TPSA) is 37.4 Å². The molecule has 1 fully saturated rings. The molecule has 1 saturated heterocycles. The van der Waals surface area contributed by atoms with Gasteiger partial charge in [-0.05, 0) is 60.8 Å². The fourth-order valence-electron chi connectivity index (χ4n) is 5.01. The fourth-order valence-corrected chi connectivity index (χ4v) is 6.71. The Labute approximate surface area is 157 Å². The number of aryl methyl sites for hydroxylation is 1. The summed E-state index contributed by atoms with van der Waals surface area (Å²) in [5.74, 6) is 0.353. The Morgan fingerprint density at radius 3 is 2.46 bits per heavy atom. The van der Waals surface area contributed by atoms with Crippen LogP contribution in [-0.2, 0) is 21.9 Å². The van der Waals surface area contributed by atoms with Crippen LogP contribution in [0.4, 0.5) is 0 Å². The summed E-state index contributed by atoms with van der Waals surface area (Å²) in [4.78, 5) is 0.417. The van der Waals surface area contributed by atoms with Gasteiger partial charge in [-0.3, -0.25) is 0 Å². The van der Waals surface area contributed by atoms with Crippen LogP contribution in [0, 0.1) is 12.8 Å². The van der Waals surface area contributed by atoms with E-state index in [1.165, 1.54) is 11.1 Å². The highest BCUT2D eigenvalue weighted by Crippen LogP contribution is 2.47. The maximum atomic E-state index is 13.4. The summed E-state index contributed by atoms with van der Waals surface area (Å²) in [6.07, 6.45) is 2.83. The highest BCUT2D eigenvalue weighted by Gasteiger charge is 2.48. The number of piperidine rings is 1. The van der Waals surface area contributed by atoms with Gasteiger partial charge in [0.05, 0.1) is 4.90 Å². The minimum absolute atomic E-state index is 0.0129. The Bertz CT molecular complexity index is 915. The molecule has 1 aliphatic carbocycles. The van der Waals surface area contributed by atoms with Gasteiger partial charge >= 0.3 is 0 Å². The van der Waals surface area contributed by atoms with Crippen molar-refractivity contribution in [2.24, 2.45) is 5.92 Å². The molecule has 3 nitrogen and oxygen atoms in total. The lowest BCUT2D eigenvalue weighted by molar-refractivity contribution is 0.102. The monoisotopic (exact) mass is 369 g/mol. The van der Waals surface area contributed by atoms with Gasteiger partial charge in [-0.15, -0.1) is 0 Å². The zero-order valence-electron chi connectivity index (χ0n) is 15.8. The normalized spacial score (nSPS) is 25.3. The summed E-state index contributed by atoms with van der Waals surface area (Å²) in [6, 6.07) is 15.9. The van der Waals surface area contributed by atoms with E-state index in [1.807, 2.05) is 19.1 Å². The van der Waals surface area contributed by atoms with Crippen LogP contribution in [0.2, 0.25) is 0 Å². The molecule has 1 heterocycles. The molecule has 0 bridgehead atoms. The standard InChI is InChI=1S/C22H27NO2S/c1-16-10-12-18(13-11-16)26(24,25)23-14-6-9-20-21(23)15-17-7-4-5-8-19(17)22(20,2)3/h4-5,7-8,10-13,20-21H,6,9,14-15H2,1-3H3/t20-,21-/m1/s1. The molecule has 0 aromatic heterocycles. The molecular weight excluding hydrogens is 342 g/mol. The van der Waals surface area contributed by atoms with Gasteiger partial charge in [0.25, 0.3) is 0 Å². The lowest BCUT2D eigenvalue weighted by atomic mass is 9.61. The molecule has 0 spiro atoms. The quantitative estimate of drug-likeness (QED) is 0.791. The molecule has 4 heteroatoms. The van der Waals surface area contributed by atoms with Gasteiger partial charge in [-0.1, -0.05) is 55.8 Å². The van der Waals surface area contributed by atoms with Gasteiger partial charge in [0.1, 0.15) is 0 Å². The molecule has 2 aromatic carbocycles. The number of benzene rings is 2. The Morgan fingerprint density at radius 1 is 1.04 bits per heavy atom. The second kappa shape index (κ2) is 6.21.